The molecular formula is C11H14ClN3O. The van der Waals surface area contributed by atoms with Gasteiger partial charge in [0, 0.05) is 18.6 Å². The Morgan fingerprint density at radius 2 is 2.19 bits per heavy atom. The Morgan fingerprint density at radius 1 is 1.31 bits per heavy atom. The average molecular weight is 240 g/mol. The van der Waals surface area contributed by atoms with Gasteiger partial charge in [-0.05, 0) is 19.3 Å². The second kappa shape index (κ2) is 4.18. The lowest BCUT2D eigenvalue weighted by Gasteiger charge is -2.12. The molecule has 1 aliphatic carbocycles. The van der Waals surface area contributed by atoms with E-state index in [1.807, 2.05) is 0 Å². The molecule has 1 aliphatic heterocycles. The number of hydrogen-bond donors (Lipinski definition) is 1. The Bertz CT molecular complexity index is 389. The van der Waals surface area contributed by atoms with Gasteiger partial charge in [-0.15, -0.1) is 0 Å². The van der Waals surface area contributed by atoms with Gasteiger partial charge in [0.2, 0.25) is 0 Å². The van der Waals surface area contributed by atoms with Crippen LogP contribution < -0.4 is 5.32 Å². The quantitative estimate of drug-likeness (QED) is 0.822. The Kier molecular flexibility index (Phi) is 2.69. The molecule has 0 spiro atoms. The first-order chi connectivity index (χ1) is 7.81. The highest BCUT2D eigenvalue weighted by Crippen LogP contribution is 2.38. The summed E-state index contributed by atoms with van der Waals surface area (Å²) in [5, 5.41) is 3.87. The van der Waals surface area contributed by atoms with Crippen molar-refractivity contribution in [3.63, 3.8) is 0 Å². The predicted molar refractivity (Wildman–Crippen MR) is 61.9 cm³/mol. The van der Waals surface area contributed by atoms with Crippen molar-refractivity contribution in [2.24, 2.45) is 0 Å². The van der Waals surface area contributed by atoms with Gasteiger partial charge >= 0.3 is 0 Å². The van der Waals surface area contributed by atoms with Crippen LogP contribution >= 0.6 is 11.6 Å². The Morgan fingerprint density at radius 3 is 2.88 bits per heavy atom. The summed E-state index contributed by atoms with van der Waals surface area (Å²) in [5.74, 6) is 2.24. The molecule has 1 saturated heterocycles. The van der Waals surface area contributed by atoms with E-state index in [9.17, 15) is 0 Å². The average Bonchev–Trinajstić information content (AvgIpc) is 2.98. The molecule has 16 heavy (non-hydrogen) atoms. The molecule has 1 N–H and O–H groups in total. The lowest BCUT2D eigenvalue weighted by atomic mass is 10.2. The number of ether oxygens (including phenoxy) is 1. The van der Waals surface area contributed by atoms with Crippen LogP contribution in [0.5, 0.6) is 0 Å². The SMILES string of the molecule is Clc1cc(NC2CCOC2)nc(C2CC2)n1. The molecule has 2 fully saturated rings. The zero-order chi connectivity index (χ0) is 11.0. The van der Waals surface area contributed by atoms with Crippen molar-refractivity contribution in [3.05, 3.63) is 17.0 Å². The Balaban J connectivity index is 1.76. The van der Waals surface area contributed by atoms with E-state index < -0.39 is 0 Å². The molecule has 86 valence electrons. The van der Waals surface area contributed by atoms with E-state index in [4.69, 9.17) is 16.3 Å². The molecule has 4 nitrogen and oxygen atoms in total. The molecule has 1 aromatic rings. The van der Waals surface area contributed by atoms with Crippen molar-refractivity contribution < 1.29 is 4.74 Å². The van der Waals surface area contributed by atoms with E-state index in [-0.39, 0.29) is 0 Å². The van der Waals surface area contributed by atoms with Crippen LogP contribution in [0.1, 0.15) is 31.0 Å². The maximum Gasteiger partial charge on any atom is 0.135 e. The van der Waals surface area contributed by atoms with Crippen molar-refractivity contribution in [2.75, 3.05) is 18.5 Å². The summed E-state index contributed by atoms with van der Waals surface area (Å²) in [7, 11) is 0. The summed E-state index contributed by atoms with van der Waals surface area (Å²) in [6, 6.07) is 2.14. The molecule has 2 heterocycles. The monoisotopic (exact) mass is 239 g/mol. The predicted octanol–water partition coefficient (Wildman–Crippen LogP) is 2.21. The zero-order valence-electron chi connectivity index (χ0n) is 8.95. The third kappa shape index (κ3) is 2.28. The summed E-state index contributed by atoms with van der Waals surface area (Å²) in [5.41, 5.74) is 0. The second-order valence-electron chi connectivity index (χ2n) is 4.41. The van der Waals surface area contributed by atoms with Crippen LogP contribution in [-0.2, 0) is 4.74 Å². The Hall–Kier alpha value is -0.870. The Labute approximate surface area is 99.4 Å². The van der Waals surface area contributed by atoms with Crippen LogP contribution in [0.25, 0.3) is 0 Å². The third-order valence-corrected chi connectivity index (χ3v) is 3.13. The molecule has 1 aromatic heterocycles. The maximum absolute atomic E-state index is 5.98. The van der Waals surface area contributed by atoms with Gasteiger partial charge in [0.15, 0.2) is 0 Å². The first kappa shape index (κ1) is 10.3. The van der Waals surface area contributed by atoms with Crippen molar-refractivity contribution in [1.82, 2.24) is 9.97 Å². The number of hydrogen-bond acceptors (Lipinski definition) is 4. The second-order valence-corrected chi connectivity index (χ2v) is 4.80. The molecule has 1 atom stereocenters. The third-order valence-electron chi connectivity index (χ3n) is 2.94. The summed E-state index contributed by atoms with van der Waals surface area (Å²) in [6.45, 7) is 1.58. The largest absolute Gasteiger partial charge is 0.379 e. The molecule has 0 bridgehead atoms. The lowest BCUT2D eigenvalue weighted by Crippen LogP contribution is -2.20. The standard InChI is InChI=1S/C11H14ClN3O/c12-9-5-10(13-8-3-4-16-6-8)15-11(14-9)7-1-2-7/h5,7-8H,1-4,6H2,(H,13,14,15). The van der Waals surface area contributed by atoms with Crippen molar-refractivity contribution in [1.29, 1.82) is 0 Å². The number of aromatic nitrogens is 2. The molecule has 0 radical (unpaired) electrons. The van der Waals surface area contributed by atoms with Crippen molar-refractivity contribution in [3.8, 4) is 0 Å². The minimum absolute atomic E-state index is 0.359. The smallest absolute Gasteiger partial charge is 0.135 e. The zero-order valence-corrected chi connectivity index (χ0v) is 9.70. The van der Waals surface area contributed by atoms with E-state index in [0.717, 1.165) is 31.3 Å². The van der Waals surface area contributed by atoms with Crippen LogP contribution in [0.3, 0.4) is 0 Å². The molecule has 1 saturated carbocycles. The van der Waals surface area contributed by atoms with E-state index in [0.29, 0.717) is 17.1 Å². The fourth-order valence-corrected chi connectivity index (χ4v) is 2.08. The molecule has 3 rings (SSSR count). The van der Waals surface area contributed by atoms with Gasteiger partial charge in [-0.2, -0.15) is 0 Å². The highest BCUT2D eigenvalue weighted by Gasteiger charge is 2.27. The van der Waals surface area contributed by atoms with E-state index in [2.05, 4.69) is 15.3 Å². The maximum atomic E-state index is 5.98. The van der Waals surface area contributed by atoms with Crippen LogP contribution in [0.2, 0.25) is 5.15 Å². The van der Waals surface area contributed by atoms with Gasteiger partial charge in [-0.25, -0.2) is 9.97 Å². The van der Waals surface area contributed by atoms with Crippen LogP contribution in [-0.4, -0.2) is 29.2 Å². The number of halogens is 1. The van der Waals surface area contributed by atoms with Gasteiger partial charge < -0.3 is 10.1 Å². The van der Waals surface area contributed by atoms with Gasteiger partial charge in [0.1, 0.15) is 16.8 Å². The van der Waals surface area contributed by atoms with Gasteiger partial charge in [-0.1, -0.05) is 11.6 Å². The molecule has 0 amide bonds. The van der Waals surface area contributed by atoms with Crippen molar-refractivity contribution >= 4 is 17.4 Å². The lowest BCUT2D eigenvalue weighted by molar-refractivity contribution is 0.195. The first-order valence-corrected chi connectivity index (χ1v) is 6.08. The fraction of sp³-hybridized carbons (Fsp3) is 0.636. The van der Waals surface area contributed by atoms with E-state index in [1.165, 1.54) is 12.8 Å². The topological polar surface area (TPSA) is 47.0 Å². The van der Waals surface area contributed by atoms with E-state index >= 15 is 0 Å². The van der Waals surface area contributed by atoms with E-state index in [1.54, 1.807) is 6.07 Å². The highest BCUT2D eigenvalue weighted by molar-refractivity contribution is 6.29. The molecule has 2 aliphatic rings. The minimum Gasteiger partial charge on any atom is -0.379 e. The first-order valence-electron chi connectivity index (χ1n) is 5.70. The summed E-state index contributed by atoms with van der Waals surface area (Å²) in [4.78, 5) is 8.75. The number of rotatable bonds is 3. The van der Waals surface area contributed by atoms with Crippen LogP contribution in [0.4, 0.5) is 5.82 Å². The number of nitrogens with one attached hydrogen (secondary N) is 1. The van der Waals surface area contributed by atoms with Gasteiger partial charge in [0.05, 0.1) is 12.6 Å². The molecule has 0 aromatic carbocycles. The van der Waals surface area contributed by atoms with Gasteiger partial charge in [0.25, 0.3) is 0 Å². The molecule has 5 heteroatoms. The van der Waals surface area contributed by atoms with Crippen molar-refractivity contribution in [2.45, 2.75) is 31.2 Å². The van der Waals surface area contributed by atoms with Crippen LogP contribution in [0.15, 0.2) is 6.07 Å². The van der Waals surface area contributed by atoms with Crippen LogP contribution in [0, 0.1) is 0 Å². The molecule has 1 unspecified atom stereocenters. The molecular weight excluding hydrogens is 226 g/mol. The minimum atomic E-state index is 0.359. The number of nitrogens with zero attached hydrogens (tertiary/aromatic N) is 2. The summed E-state index contributed by atoms with van der Waals surface area (Å²) >= 11 is 5.98. The van der Waals surface area contributed by atoms with Gasteiger partial charge in [-0.3, -0.25) is 0 Å². The number of anilines is 1. The summed E-state index contributed by atoms with van der Waals surface area (Å²) in [6.07, 6.45) is 3.40. The summed E-state index contributed by atoms with van der Waals surface area (Å²) < 4.78 is 5.31. The normalized spacial score (nSPS) is 24.7. The highest BCUT2D eigenvalue weighted by atomic mass is 35.5. The fourth-order valence-electron chi connectivity index (χ4n) is 1.89.